The first-order valence-electron chi connectivity index (χ1n) is 7.41. The Morgan fingerprint density at radius 1 is 1.17 bits per heavy atom. The van der Waals surface area contributed by atoms with Gasteiger partial charge in [0.05, 0.1) is 5.56 Å². The molecule has 0 radical (unpaired) electrons. The Labute approximate surface area is 142 Å². The molecule has 2 aromatic rings. The normalized spacial score (nSPS) is 11.6. The van der Waals surface area contributed by atoms with Crippen LogP contribution in [0.4, 0.5) is 18.9 Å². The fourth-order valence-electron chi connectivity index (χ4n) is 2.54. The van der Waals surface area contributed by atoms with Gasteiger partial charge in [0.25, 0.3) is 0 Å². The Morgan fingerprint density at radius 3 is 2.43 bits per heavy atom. The molecule has 0 aliphatic heterocycles. The summed E-state index contributed by atoms with van der Waals surface area (Å²) < 4.78 is 41.9. The third kappa shape index (κ3) is 4.08. The van der Waals surface area contributed by atoms with E-state index in [0.717, 1.165) is 10.0 Å². The van der Waals surface area contributed by atoms with E-state index in [9.17, 15) is 13.2 Å². The highest BCUT2D eigenvalue weighted by Gasteiger charge is 2.36. The maximum Gasteiger partial charge on any atom is 0.418 e. The van der Waals surface area contributed by atoms with Gasteiger partial charge in [0.15, 0.2) is 0 Å². The third-order valence-electron chi connectivity index (χ3n) is 3.69. The molecule has 0 saturated heterocycles. The molecule has 0 aliphatic rings. The summed E-state index contributed by atoms with van der Waals surface area (Å²) in [6, 6.07) is 8.20. The van der Waals surface area contributed by atoms with Crippen molar-refractivity contribution < 1.29 is 13.2 Å². The summed E-state index contributed by atoms with van der Waals surface area (Å²) in [7, 11) is 0. The van der Waals surface area contributed by atoms with Crippen molar-refractivity contribution in [3.63, 3.8) is 0 Å². The van der Waals surface area contributed by atoms with Crippen molar-refractivity contribution in [3.05, 3.63) is 52.0 Å². The topological polar surface area (TPSA) is 3.24 Å². The minimum atomic E-state index is -4.40. The number of allylic oxidation sites excluding steroid dienone is 1. The highest BCUT2D eigenvalue weighted by Crippen LogP contribution is 2.42. The molecule has 2 aromatic carbocycles. The van der Waals surface area contributed by atoms with Gasteiger partial charge < -0.3 is 4.90 Å². The first-order valence-corrected chi connectivity index (χ1v) is 8.21. The van der Waals surface area contributed by atoms with Crippen LogP contribution in [-0.4, -0.2) is 13.1 Å². The van der Waals surface area contributed by atoms with Crippen molar-refractivity contribution in [1.29, 1.82) is 0 Å². The van der Waals surface area contributed by atoms with Gasteiger partial charge in [0.2, 0.25) is 0 Å². The van der Waals surface area contributed by atoms with Crippen LogP contribution < -0.4 is 4.90 Å². The second-order valence-electron chi connectivity index (χ2n) is 5.64. The molecule has 0 unspecified atom stereocenters. The Balaban J connectivity index is 2.67. The fraction of sp³-hybridized carbons (Fsp3) is 0.333. The van der Waals surface area contributed by atoms with Gasteiger partial charge in [-0.2, -0.15) is 13.2 Å². The first kappa shape index (κ1) is 17.9. The predicted octanol–water partition coefficient (Wildman–Crippen LogP) is 6.41. The summed E-state index contributed by atoms with van der Waals surface area (Å²) in [4.78, 5) is 1.75. The van der Waals surface area contributed by atoms with Crippen molar-refractivity contribution in [2.24, 2.45) is 0 Å². The van der Waals surface area contributed by atoms with Gasteiger partial charge in [0, 0.05) is 23.2 Å². The largest absolute Gasteiger partial charge is 0.418 e. The zero-order chi connectivity index (χ0) is 17.2. The summed E-state index contributed by atoms with van der Waals surface area (Å²) in [6.45, 7) is 6.72. The molecule has 0 amide bonds. The summed E-state index contributed by atoms with van der Waals surface area (Å²) in [5.74, 6) is 0. The van der Waals surface area contributed by atoms with E-state index in [4.69, 9.17) is 0 Å². The Morgan fingerprint density at radius 2 is 1.87 bits per heavy atom. The molecule has 124 valence electrons. The molecule has 0 N–H and O–H groups in total. The average molecular weight is 386 g/mol. The van der Waals surface area contributed by atoms with Gasteiger partial charge in [-0.25, -0.2) is 0 Å². The van der Waals surface area contributed by atoms with Crippen molar-refractivity contribution in [1.82, 2.24) is 0 Å². The highest BCUT2D eigenvalue weighted by molar-refractivity contribution is 9.10. The number of halogens is 4. The van der Waals surface area contributed by atoms with Crippen LogP contribution in [0, 0.1) is 0 Å². The van der Waals surface area contributed by atoms with E-state index in [0.29, 0.717) is 18.5 Å². The number of nitrogens with zero attached hydrogens (tertiary/aromatic N) is 1. The molecule has 0 fully saturated rings. The van der Waals surface area contributed by atoms with Crippen LogP contribution in [-0.2, 0) is 6.18 Å². The second-order valence-corrected chi connectivity index (χ2v) is 6.56. The number of anilines is 1. The minimum absolute atomic E-state index is 0.229. The maximum atomic E-state index is 13.7. The fourth-order valence-corrected chi connectivity index (χ4v) is 2.92. The number of alkyl halides is 3. The van der Waals surface area contributed by atoms with Crippen LogP contribution in [0.3, 0.4) is 0 Å². The first-order chi connectivity index (χ1) is 10.7. The molecule has 0 bridgehead atoms. The molecule has 1 nitrogen and oxygen atoms in total. The zero-order valence-electron chi connectivity index (χ0n) is 13.3. The molecule has 0 heterocycles. The van der Waals surface area contributed by atoms with E-state index in [1.54, 1.807) is 29.2 Å². The van der Waals surface area contributed by atoms with Crippen molar-refractivity contribution in [2.45, 2.75) is 26.9 Å². The number of likely N-dealkylation sites (N-methyl/N-ethyl adjacent to an activating group) is 1. The highest BCUT2D eigenvalue weighted by atomic mass is 79.9. The zero-order valence-corrected chi connectivity index (χ0v) is 14.9. The Kier molecular flexibility index (Phi) is 5.40. The van der Waals surface area contributed by atoms with Gasteiger partial charge >= 0.3 is 6.18 Å². The summed E-state index contributed by atoms with van der Waals surface area (Å²) in [6.07, 6.45) is -2.46. The van der Waals surface area contributed by atoms with Crippen molar-refractivity contribution in [2.75, 3.05) is 18.0 Å². The molecule has 23 heavy (non-hydrogen) atoms. The lowest BCUT2D eigenvalue weighted by molar-refractivity contribution is -0.135. The smallest absolute Gasteiger partial charge is 0.368 e. The van der Waals surface area contributed by atoms with Gasteiger partial charge in [-0.05, 0) is 49.7 Å². The lowest BCUT2D eigenvalue weighted by Gasteiger charge is -2.26. The lowest BCUT2D eigenvalue weighted by atomic mass is 10.0. The van der Waals surface area contributed by atoms with Crippen LogP contribution in [0.25, 0.3) is 10.8 Å². The number of fused-ring (bicyclic) bond motifs is 1. The number of hydrogen-bond acceptors (Lipinski definition) is 1. The summed E-state index contributed by atoms with van der Waals surface area (Å²) in [5, 5.41) is 0.808. The quantitative estimate of drug-likeness (QED) is 0.549. The van der Waals surface area contributed by atoms with Crippen LogP contribution in [0.15, 0.2) is 46.5 Å². The van der Waals surface area contributed by atoms with Crippen molar-refractivity contribution in [3.8, 4) is 0 Å². The SMILES string of the molecule is CCN(CC=C(C)C)c1ccc2cc(Br)ccc2c1C(F)(F)F. The molecule has 2 rings (SSSR count). The molecular weight excluding hydrogens is 367 g/mol. The molecule has 0 saturated carbocycles. The molecule has 0 aliphatic carbocycles. The number of hydrogen-bond donors (Lipinski definition) is 0. The monoisotopic (exact) mass is 385 g/mol. The van der Waals surface area contributed by atoms with Crippen LogP contribution in [0.5, 0.6) is 0 Å². The van der Waals surface area contributed by atoms with Crippen molar-refractivity contribution >= 4 is 32.4 Å². The van der Waals surface area contributed by atoms with E-state index >= 15 is 0 Å². The molecule has 5 heteroatoms. The van der Waals surface area contributed by atoms with E-state index in [-0.39, 0.29) is 11.1 Å². The van der Waals surface area contributed by atoms with Crippen LogP contribution >= 0.6 is 15.9 Å². The average Bonchev–Trinajstić information content (AvgIpc) is 2.45. The minimum Gasteiger partial charge on any atom is -0.368 e. The van der Waals surface area contributed by atoms with Crippen LogP contribution in [0.2, 0.25) is 0 Å². The lowest BCUT2D eigenvalue weighted by Crippen LogP contribution is -2.26. The van der Waals surface area contributed by atoms with E-state index < -0.39 is 11.7 Å². The summed E-state index contributed by atoms with van der Waals surface area (Å²) in [5.41, 5.74) is 0.751. The van der Waals surface area contributed by atoms with Gasteiger partial charge in [-0.3, -0.25) is 0 Å². The molecule has 0 aromatic heterocycles. The second kappa shape index (κ2) is 6.95. The Hall–Kier alpha value is -1.49. The summed E-state index contributed by atoms with van der Waals surface area (Å²) >= 11 is 3.31. The van der Waals surface area contributed by atoms with Gasteiger partial charge in [-0.15, -0.1) is 0 Å². The molecule has 0 spiro atoms. The van der Waals surface area contributed by atoms with E-state index in [1.807, 2.05) is 26.8 Å². The van der Waals surface area contributed by atoms with E-state index in [1.165, 1.54) is 6.07 Å². The number of rotatable bonds is 4. The van der Waals surface area contributed by atoms with Crippen LogP contribution in [0.1, 0.15) is 26.3 Å². The Bertz CT molecular complexity index is 731. The molecule has 0 atom stereocenters. The van der Waals surface area contributed by atoms with E-state index in [2.05, 4.69) is 15.9 Å². The standard InChI is InChI=1S/C18H19BrF3N/c1-4-23(10-9-12(2)3)16-8-5-13-11-14(19)6-7-15(13)17(16)18(20,21)22/h5-9,11H,4,10H2,1-3H3. The third-order valence-corrected chi connectivity index (χ3v) is 4.18. The predicted molar refractivity (Wildman–Crippen MR) is 94.0 cm³/mol. The van der Waals surface area contributed by atoms with Gasteiger partial charge in [0.1, 0.15) is 0 Å². The van der Waals surface area contributed by atoms with Gasteiger partial charge in [-0.1, -0.05) is 39.7 Å². The maximum absolute atomic E-state index is 13.7. The molecular formula is C18H19BrF3N. The number of benzene rings is 2.